The van der Waals surface area contributed by atoms with E-state index in [1.807, 2.05) is 0 Å². The van der Waals surface area contributed by atoms with Gasteiger partial charge in [0.15, 0.2) is 0 Å². The first-order valence-electron chi connectivity index (χ1n) is 4.64. The molecule has 76 valence electrons. The predicted molar refractivity (Wildman–Crippen MR) is 54.1 cm³/mol. The molecule has 0 bridgehead atoms. The number of aliphatic hydroxyl groups excluding tert-OH is 1. The number of rotatable bonds is 3. The van der Waals surface area contributed by atoms with Crippen molar-refractivity contribution in [2.75, 3.05) is 13.2 Å². The van der Waals surface area contributed by atoms with Gasteiger partial charge in [0.25, 0.3) is 0 Å². The minimum atomic E-state index is -0.162. The molecule has 0 amide bonds. The minimum Gasteiger partial charge on any atom is -0.394 e. The van der Waals surface area contributed by atoms with Crippen LogP contribution in [0.25, 0.3) is 0 Å². The van der Waals surface area contributed by atoms with Crippen LogP contribution in [0.1, 0.15) is 26.2 Å². The van der Waals surface area contributed by atoms with E-state index >= 15 is 0 Å². The Kier molecular flexibility index (Phi) is 3.77. The molecule has 1 aliphatic rings. The van der Waals surface area contributed by atoms with Crippen molar-refractivity contribution < 1.29 is 9.84 Å². The summed E-state index contributed by atoms with van der Waals surface area (Å²) in [6.45, 7) is 6.45. The Hall–Kier alpha value is -0.0500. The lowest BCUT2D eigenvalue weighted by Gasteiger charge is -2.36. The molecule has 0 saturated heterocycles. The Bertz CT molecular complexity index is 189. The summed E-state index contributed by atoms with van der Waals surface area (Å²) in [5.74, 6) is 0. The highest BCUT2D eigenvalue weighted by molar-refractivity contribution is 6.22. The molecule has 1 saturated carbocycles. The van der Waals surface area contributed by atoms with Crippen molar-refractivity contribution in [2.24, 2.45) is 0 Å². The Morgan fingerprint density at radius 3 is 3.00 bits per heavy atom. The van der Waals surface area contributed by atoms with Crippen molar-refractivity contribution in [3.05, 3.63) is 12.2 Å². The fourth-order valence-corrected chi connectivity index (χ4v) is 1.92. The van der Waals surface area contributed by atoms with Crippen molar-refractivity contribution in [2.45, 2.75) is 37.2 Å². The molecule has 13 heavy (non-hydrogen) atoms. The smallest absolute Gasteiger partial charge is 0.0705 e. The Balaban J connectivity index is 2.46. The fourth-order valence-electron chi connectivity index (χ4n) is 1.73. The summed E-state index contributed by atoms with van der Waals surface area (Å²) in [6.07, 6.45) is 2.67. The third-order valence-corrected chi connectivity index (χ3v) is 3.04. The van der Waals surface area contributed by atoms with Gasteiger partial charge in [0.2, 0.25) is 0 Å². The number of hydrogen-bond acceptors (Lipinski definition) is 2. The van der Waals surface area contributed by atoms with Gasteiger partial charge in [-0.2, -0.15) is 0 Å². The predicted octanol–water partition coefficient (Wildman–Crippen LogP) is 2.10. The molecule has 0 aliphatic heterocycles. The Morgan fingerprint density at radius 1 is 1.77 bits per heavy atom. The van der Waals surface area contributed by atoms with Gasteiger partial charge >= 0.3 is 0 Å². The standard InChI is InChI=1S/C10H17ClO2/c1-8-7-10(2,13-6-5-12)4-3-9(8)11/h9,12H,1,3-7H2,2H3. The summed E-state index contributed by atoms with van der Waals surface area (Å²) in [7, 11) is 0. The maximum atomic E-state index is 8.66. The summed E-state index contributed by atoms with van der Waals surface area (Å²) in [5.41, 5.74) is 0.888. The molecule has 0 spiro atoms. The van der Waals surface area contributed by atoms with E-state index in [1.165, 1.54) is 0 Å². The van der Waals surface area contributed by atoms with Crippen LogP contribution in [0.2, 0.25) is 0 Å². The maximum absolute atomic E-state index is 8.66. The number of alkyl halides is 1. The lowest BCUT2D eigenvalue weighted by molar-refractivity contribution is -0.0571. The highest BCUT2D eigenvalue weighted by Crippen LogP contribution is 2.36. The van der Waals surface area contributed by atoms with Crippen LogP contribution in [0.15, 0.2) is 12.2 Å². The SMILES string of the molecule is C=C1CC(C)(OCCO)CCC1Cl. The number of aliphatic hydroxyl groups is 1. The van der Waals surface area contributed by atoms with Gasteiger partial charge < -0.3 is 9.84 Å². The first-order valence-corrected chi connectivity index (χ1v) is 5.07. The average Bonchev–Trinajstić information content (AvgIpc) is 2.09. The average molecular weight is 205 g/mol. The molecule has 1 fully saturated rings. The lowest BCUT2D eigenvalue weighted by Crippen LogP contribution is -2.36. The summed E-state index contributed by atoms with van der Waals surface area (Å²) in [4.78, 5) is 0. The van der Waals surface area contributed by atoms with Gasteiger partial charge in [-0.1, -0.05) is 12.2 Å². The second-order valence-corrected chi connectivity index (χ2v) is 4.39. The molecule has 0 aromatic rings. The number of ether oxygens (including phenoxy) is 1. The lowest BCUT2D eigenvalue weighted by atomic mass is 9.83. The third-order valence-electron chi connectivity index (χ3n) is 2.51. The van der Waals surface area contributed by atoms with Gasteiger partial charge in [0.05, 0.1) is 24.2 Å². The van der Waals surface area contributed by atoms with Crippen LogP contribution < -0.4 is 0 Å². The summed E-state index contributed by atoms with van der Waals surface area (Å²) in [6, 6.07) is 0. The zero-order chi connectivity index (χ0) is 9.90. The van der Waals surface area contributed by atoms with Gasteiger partial charge in [-0.15, -0.1) is 11.6 Å². The summed E-state index contributed by atoms with van der Waals surface area (Å²) >= 11 is 6.02. The fraction of sp³-hybridized carbons (Fsp3) is 0.800. The minimum absolute atomic E-state index is 0.0758. The highest BCUT2D eigenvalue weighted by Gasteiger charge is 2.33. The molecule has 3 heteroatoms. The number of hydrogen-bond donors (Lipinski definition) is 1. The molecule has 2 nitrogen and oxygen atoms in total. The van der Waals surface area contributed by atoms with Gasteiger partial charge in [-0.25, -0.2) is 0 Å². The summed E-state index contributed by atoms with van der Waals surface area (Å²) in [5, 5.41) is 8.76. The van der Waals surface area contributed by atoms with E-state index in [0.29, 0.717) is 6.61 Å². The topological polar surface area (TPSA) is 29.5 Å². The number of halogens is 1. The zero-order valence-corrected chi connectivity index (χ0v) is 8.81. The van der Waals surface area contributed by atoms with Gasteiger partial charge in [-0.05, 0) is 26.2 Å². The van der Waals surface area contributed by atoms with E-state index in [9.17, 15) is 0 Å². The van der Waals surface area contributed by atoms with Crippen LogP contribution in [0, 0.1) is 0 Å². The van der Waals surface area contributed by atoms with Crippen LogP contribution in [0.4, 0.5) is 0 Å². The van der Waals surface area contributed by atoms with Crippen LogP contribution in [0.5, 0.6) is 0 Å². The molecule has 1 N–H and O–H groups in total. The summed E-state index contributed by atoms with van der Waals surface area (Å²) < 4.78 is 5.57. The van der Waals surface area contributed by atoms with E-state index in [2.05, 4.69) is 13.5 Å². The van der Waals surface area contributed by atoms with E-state index in [-0.39, 0.29) is 17.6 Å². The third kappa shape index (κ3) is 2.97. The Labute approximate surface area is 84.5 Å². The molecule has 1 aliphatic carbocycles. The molecule has 0 aromatic carbocycles. The molecule has 1 rings (SSSR count). The normalized spacial score (nSPS) is 35.0. The molecule has 0 radical (unpaired) electrons. The van der Waals surface area contributed by atoms with Gasteiger partial charge in [0.1, 0.15) is 0 Å². The van der Waals surface area contributed by atoms with E-state index < -0.39 is 0 Å². The van der Waals surface area contributed by atoms with Crippen LogP contribution in [0.3, 0.4) is 0 Å². The van der Waals surface area contributed by atoms with Crippen molar-refractivity contribution in [1.29, 1.82) is 0 Å². The molecule has 0 heterocycles. The first kappa shape index (κ1) is 11.0. The largest absolute Gasteiger partial charge is 0.394 e. The quantitative estimate of drug-likeness (QED) is 0.564. The van der Waals surface area contributed by atoms with Crippen molar-refractivity contribution in [3.63, 3.8) is 0 Å². The van der Waals surface area contributed by atoms with Crippen LogP contribution in [-0.4, -0.2) is 29.3 Å². The van der Waals surface area contributed by atoms with E-state index in [1.54, 1.807) is 0 Å². The van der Waals surface area contributed by atoms with Crippen LogP contribution in [-0.2, 0) is 4.74 Å². The van der Waals surface area contributed by atoms with Gasteiger partial charge in [0, 0.05) is 0 Å². The maximum Gasteiger partial charge on any atom is 0.0705 e. The van der Waals surface area contributed by atoms with E-state index in [0.717, 1.165) is 24.8 Å². The van der Waals surface area contributed by atoms with Crippen molar-refractivity contribution in [1.82, 2.24) is 0 Å². The zero-order valence-electron chi connectivity index (χ0n) is 8.05. The van der Waals surface area contributed by atoms with Crippen molar-refractivity contribution in [3.8, 4) is 0 Å². The molecular weight excluding hydrogens is 188 g/mol. The molecular formula is C10H17ClO2. The van der Waals surface area contributed by atoms with Crippen LogP contribution >= 0.6 is 11.6 Å². The van der Waals surface area contributed by atoms with E-state index in [4.69, 9.17) is 21.4 Å². The second-order valence-electron chi connectivity index (χ2n) is 3.86. The monoisotopic (exact) mass is 204 g/mol. The molecule has 2 atom stereocenters. The molecule has 2 unspecified atom stereocenters. The highest BCUT2D eigenvalue weighted by atomic mass is 35.5. The first-order chi connectivity index (χ1) is 6.07. The van der Waals surface area contributed by atoms with Crippen molar-refractivity contribution >= 4 is 11.6 Å². The molecule has 0 aromatic heterocycles. The van der Waals surface area contributed by atoms with Gasteiger partial charge in [-0.3, -0.25) is 0 Å². The second kappa shape index (κ2) is 4.45. The Morgan fingerprint density at radius 2 is 2.46 bits per heavy atom.